The highest BCUT2D eigenvalue weighted by Gasteiger charge is 2.31. The molecule has 0 saturated heterocycles. The number of nitrogens with zero attached hydrogens (tertiary/aromatic N) is 2. The van der Waals surface area contributed by atoms with Gasteiger partial charge in [-0.25, -0.2) is 4.99 Å². The van der Waals surface area contributed by atoms with Crippen molar-refractivity contribution in [3.8, 4) is 0 Å². The second-order valence-corrected chi connectivity index (χ2v) is 5.62. The quantitative estimate of drug-likeness (QED) is 0.946. The Morgan fingerprint density at radius 3 is 2.50 bits per heavy atom. The molecule has 0 spiro atoms. The largest absolute Gasteiger partial charge is 0.326 e. The van der Waals surface area contributed by atoms with E-state index in [-0.39, 0.29) is 11.9 Å². The Morgan fingerprint density at radius 2 is 1.82 bits per heavy atom. The first-order chi connectivity index (χ1) is 10.6. The number of nitrogens with one attached hydrogen (secondary N) is 1. The van der Waals surface area contributed by atoms with Gasteiger partial charge in [0.2, 0.25) is 5.96 Å². The number of rotatable bonds is 3. The van der Waals surface area contributed by atoms with Gasteiger partial charge in [-0.05, 0) is 29.8 Å². The minimum absolute atomic E-state index is 0.000293. The number of hydrogen-bond acceptors (Lipinski definition) is 3. The van der Waals surface area contributed by atoms with E-state index in [4.69, 9.17) is 11.6 Å². The SMILES string of the molecule is CN1C(=O)[C@H](Cc2ccccc2)N=C1Nc1ccc(Cl)cc1. The molecule has 3 rings (SSSR count). The fraction of sp³-hybridized carbons (Fsp3) is 0.176. The Bertz CT molecular complexity index is 698. The standard InChI is InChI=1S/C17H16ClN3O/c1-21-16(22)15(11-12-5-3-2-4-6-12)20-17(21)19-14-9-7-13(18)8-10-14/h2-10,15H,11H2,1H3,(H,19,20)/t15-/m0/s1. The summed E-state index contributed by atoms with van der Waals surface area (Å²) in [5.74, 6) is 0.563. The van der Waals surface area contributed by atoms with E-state index in [2.05, 4.69) is 10.3 Å². The minimum Gasteiger partial charge on any atom is -0.326 e. The zero-order valence-electron chi connectivity index (χ0n) is 12.2. The number of carbonyl (C=O) groups excluding carboxylic acids is 1. The Hall–Kier alpha value is -2.33. The van der Waals surface area contributed by atoms with Gasteiger partial charge in [-0.3, -0.25) is 9.69 Å². The molecular weight excluding hydrogens is 298 g/mol. The molecule has 4 nitrogen and oxygen atoms in total. The van der Waals surface area contributed by atoms with Gasteiger partial charge < -0.3 is 5.32 Å². The van der Waals surface area contributed by atoms with Gasteiger partial charge in [0.1, 0.15) is 6.04 Å². The van der Waals surface area contributed by atoms with Gasteiger partial charge in [-0.2, -0.15) is 0 Å². The number of likely N-dealkylation sites (N-methyl/N-ethyl adjacent to an activating group) is 1. The van der Waals surface area contributed by atoms with E-state index in [1.54, 1.807) is 24.1 Å². The second kappa shape index (κ2) is 6.20. The Kier molecular flexibility index (Phi) is 4.11. The normalized spacial score (nSPS) is 17.5. The van der Waals surface area contributed by atoms with Crippen LogP contribution in [0.15, 0.2) is 59.6 Å². The predicted octanol–water partition coefficient (Wildman–Crippen LogP) is 3.19. The molecule has 0 aliphatic carbocycles. The van der Waals surface area contributed by atoms with Crippen molar-refractivity contribution in [1.82, 2.24) is 4.90 Å². The lowest BCUT2D eigenvalue weighted by Crippen LogP contribution is -2.35. The van der Waals surface area contributed by atoms with Gasteiger partial charge in [0.05, 0.1) is 0 Å². The van der Waals surface area contributed by atoms with E-state index in [1.807, 2.05) is 42.5 Å². The maximum Gasteiger partial charge on any atom is 0.254 e. The van der Waals surface area contributed by atoms with E-state index >= 15 is 0 Å². The van der Waals surface area contributed by atoms with Gasteiger partial charge in [0.25, 0.3) is 5.91 Å². The third kappa shape index (κ3) is 3.12. The lowest BCUT2D eigenvalue weighted by Gasteiger charge is -2.14. The summed E-state index contributed by atoms with van der Waals surface area (Å²) in [4.78, 5) is 18.4. The molecule has 22 heavy (non-hydrogen) atoms. The van der Waals surface area contributed by atoms with Crippen LogP contribution in [-0.4, -0.2) is 29.9 Å². The lowest BCUT2D eigenvalue weighted by atomic mass is 10.1. The van der Waals surface area contributed by atoms with E-state index in [0.717, 1.165) is 11.3 Å². The van der Waals surface area contributed by atoms with Crippen molar-refractivity contribution >= 4 is 29.2 Å². The van der Waals surface area contributed by atoms with Crippen LogP contribution < -0.4 is 5.32 Å². The number of guanidine groups is 1. The number of aliphatic imine (C=N–C) groups is 1. The number of anilines is 1. The van der Waals surface area contributed by atoms with Crippen LogP contribution in [0.2, 0.25) is 5.02 Å². The molecule has 0 unspecified atom stereocenters. The maximum atomic E-state index is 12.3. The predicted molar refractivity (Wildman–Crippen MR) is 89.2 cm³/mol. The monoisotopic (exact) mass is 313 g/mol. The average Bonchev–Trinajstić information content (AvgIpc) is 2.79. The fourth-order valence-electron chi connectivity index (χ4n) is 2.37. The van der Waals surface area contributed by atoms with Crippen molar-refractivity contribution in [2.24, 2.45) is 4.99 Å². The van der Waals surface area contributed by atoms with Crippen LogP contribution in [0.1, 0.15) is 5.56 Å². The van der Waals surface area contributed by atoms with Crippen molar-refractivity contribution in [2.75, 3.05) is 12.4 Å². The van der Waals surface area contributed by atoms with Gasteiger partial charge in [-0.1, -0.05) is 41.9 Å². The summed E-state index contributed by atoms with van der Waals surface area (Å²) in [6.07, 6.45) is 0.607. The summed E-state index contributed by atoms with van der Waals surface area (Å²) in [7, 11) is 1.73. The molecule has 1 amide bonds. The van der Waals surface area contributed by atoms with Crippen molar-refractivity contribution in [3.05, 3.63) is 65.2 Å². The molecular formula is C17H16ClN3O. The molecule has 1 aliphatic heterocycles. The second-order valence-electron chi connectivity index (χ2n) is 5.19. The number of halogens is 1. The third-order valence-corrected chi connectivity index (χ3v) is 3.84. The number of amides is 1. The molecule has 0 bridgehead atoms. The summed E-state index contributed by atoms with van der Waals surface area (Å²) in [6.45, 7) is 0. The summed E-state index contributed by atoms with van der Waals surface area (Å²) in [5, 5.41) is 3.83. The van der Waals surface area contributed by atoms with Gasteiger partial charge in [0, 0.05) is 24.2 Å². The highest BCUT2D eigenvalue weighted by molar-refractivity contribution is 6.30. The Labute approximate surface area is 134 Å². The average molecular weight is 314 g/mol. The highest BCUT2D eigenvalue weighted by atomic mass is 35.5. The molecule has 0 fully saturated rings. The summed E-state index contributed by atoms with van der Waals surface area (Å²) in [6, 6.07) is 16.8. The summed E-state index contributed by atoms with van der Waals surface area (Å²) in [5.41, 5.74) is 1.95. The molecule has 2 aromatic rings. The number of carbonyl (C=O) groups is 1. The molecule has 1 heterocycles. The topological polar surface area (TPSA) is 44.7 Å². The van der Waals surface area contributed by atoms with E-state index < -0.39 is 0 Å². The maximum absolute atomic E-state index is 12.3. The first kappa shape index (κ1) is 14.6. The zero-order chi connectivity index (χ0) is 15.5. The number of hydrogen-bond donors (Lipinski definition) is 1. The van der Waals surface area contributed by atoms with Crippen molar-refractivity contribution in [3.63, 3.8) is 0 Å². The van der Waals surface area contributed by atoms with Crippen LogP contribution >= 0.6 is 11.6 Å². The Balaban J connectivity index is 1.75. The summed E-state index contributed by atoms with van der Waals surface area (Å²) >= 11 is 5.87. The zero-order valence-corrected chi connectivity index (χ0v) is 12.9. The van der Waals surface area contributed by atoms with Crippen LogP contribution in [0, 0.1) is 0 Å². The van der Waals surface area contributed by atoms with Crippen molar-refractivity contribution in [1.29, 1.82) is 0 Å². The van der Waals surface area contributed by atoms with Crippen LogP contribution in [0.3, 0.4) is 0 Å². The van der Waals surface area contributed by atoms with Crippen LogP contribution in [-0.2, 0) is 11.2 Å². The van der Waals surface area contributed by atoms with Gasteiger partial charge in [-0.15, -0.1) is 0 Å². The molecule has 2 aromatic carbocycles. The lowest BCUT2D eigenvalue weighted by molar-refractivity contribution is -0.126. The van der Waals surface area contributed by atoms with Crippen molar-refractivity contribution in [2.45, 2.75) is 12.5 Å². The van der Waals surface area contributed by atoms with Crippen LogP contribution in [0.4, 0.5) is 5.69 Å². The smallest absolute Gasteiger partial charge is 0.254 e. The molecule has 0 saturated carbocycles. The molecule has 1 atom stereocenters. The van der Waals surface area contributed by atoms with Gasteiger partial charge in [0.15, 0.2) is 0 Å². The van der Waals surface area contributed by atoms with E-state index in [9.17, 15) is 4.79 Å². The van der Waals surface area contributed by atoms with Crippen molar-refractivity contribution < 1.29 is 4.79 Å². The van der Waals surface area contributed by atoms with Crippen LogP contribution in [0.25, 0.3) is 0 Å². The summed E-state index contributed by atoms with van der Waals surface area (Å²) < 4.78 is 0. The fourth-order valence-corrected chi connectivity index (χ4v) is 2.49. The molecule has 112 valence electrons. The molecule has 1 aliphatic rings. The molecule has 0 aromatic heterocycles. The van der Waals surface area contributed by atoms with Gasteiger partial charge >= 0.3 is 0 Å². The first-order valence-electron chi connectivity index (χ1n) is 7.05. The van der Waals surface area contributed by atoms with E-state index in [1.165, 1.54) is 0 Å². The molecule has 1 N–H and O–H groups in total. The minimum atomic E-state index is -0.373. The third-order valence-electron chi connectivity index (χ3n) is 3.58. The Morgan fingerprint density at radius 1 is 1.14 bits per heavy atom. The molecule has 5 heteroatoms. The first-order valence-corrected chi connectivity index (χ1v) is 7.43. The highest BCUT2D eigenvalue weighted by Crippen LogP contribution is 2.18. The number of benzene rings is 2. The van der Waals surface area contributed by atoms with Crippen LogP contribution in [0.5, 0.6) is 0 Å². The van der Waals surface area contributed by atoms with E-state index in [0.29, 0.717) is 17.4 Å². The molecule has 0 radical (unpaired) electrons.